The molecule has 0 spiro atoms. The number of methoxy groups -OCH3 is 1. The SMILES string of the molecule is CCn1c(-c2cccnc2[C@H](C)OC)c2c3cc(ccc31)-c1cc(O)cc(c1)C[C@H](NC(=O)C(C(C)C)N(C)C(=O)N1CCN(C(=O)[C@H]3CN3)C(=O)C1)C(=O)N1CCC[C@H](N1)C(=O)OCC(C)(C)C2. The second kappa shape index (κ2) is 19.9. The number of pyridine rings is 1. The number of esters is 1. The van der Waals surface area contributed by atoms with E-state index < -0.39 is 59.2 Å². The number of benzene rings is 2. The van der Waals surface area contributed by atoms with Gasteiger partial charge < -0.3 is 39.6 Å². The van der Waals surface area contributed by atoms with Gasteiger partial charge in [-0.15, -0.1) is 0 Å². The fraction of sp³-hybridized carbons (Fsp3) is 0.510. The number of aromatic nitrogens is 2. The smallest absolute Gasteiger partial charge is 0.324 e. The lowest BCUT2D eigenvalue weighted by Crippen LogP contribution is -2.63. The number of urea groups is 1. The Balaban J connectivity index is 1.16. The molecule has 0 aliphatic carbocycles. The lowest BCUT2D eigenvalue weighted by molar-refractivity contribution is -0.155. The minimum Gasteiger partial charge on any atom is -0.508 e. The molecule has 69 heavy (non-hydrogen) atoms. The highest BCUT2D eigenvalue weighted by Crippen LogP contribution is 2.42. The van der Waals surface area contributed by atoms with Crippen LogP contribution in [-0.2, 0) is 52.8 Å². The molecule has 1 unspecified atom stereocenters. The first-order valence-electron chi connectivity index (χ1n) is 24.0. The van der Waals surface area contributed by atoms with Gasteiger partial charge in [0.15, 0.2) is 0 Å². The third-order valence-corrected chi connectivity index (χ3v) is 13.8. The number of cyclic esters (lactones) is 1. The van der Waals surface area contributed by atoms with Crippen molar-refractivity contribution in [3.05, 3.63) is 71.5 Å². The van der Waals surface area contributed by atoms with Gasteiger partial charge in [0.2, 0.25) is 17.7 Å². The number of nitrogens with one attached hydrogen (secondary N) is 3. The van der Waals surface area contributed by atoms with Crippen molar-refractivity contribution in [2.75, 3.05) is 53.5 Å². The second-order valence-corrected chi connectivity index (χ2v) is 19.9. The van der Waals surface area contributed by atoms with Crippen molar-refractivity contribution in [3.63, 3.8) is 0 Å². The lowest BCUT2D eigenvalue weighted by Gasteiger charge is -2.39. The van der Waals surface area contributed by atoms with Crippen molar-refractivity contribution >= 4 is 46.5 Å². The van der Waals surface area contributed by atoms with Crippen LogP contribution in [0.2, 0.25) is 0 Å². The van der Waals surface area contributed by atoms with Crippen LogP contribution < -0.4 is 16.1 Å². The molecule has 2 aromatic carbocycles. The van der Waals surface area contributed by atoms with E-state index in [0.717, 1.165) is 43.9 Å². The van der Waals surface area contributed by atoms with Gasteiger partial charge in [-0.05, 0) is 97.7 Å². The zero-order valence-corrected chi connectivity index (χ0v) is 40.8. The van der Waals surface area contributed by atoms with E-state index in [1.54, 1.807) is 39.3 Å². The summed E-state index contributed by atoms with van der Waals surface area (Å²) in [6.45, 7) is 13.1. The predicted molar refractivity (Wildman–Crippen MR) is 257 cm³/mol. The minimum absolute atomic E-state index is 0.0353. The van der Waals surface area contributed by atoms with Crippen LogP contribution in [0.1, 0.15) is 77.3 Å². The molecular formula is C51H65N9O9. The molecule has 5 atom stereocenters. The third kappa shape index (κ3) is 10.2. The summed E-state index contributed by atoms with van der Waals surface area (Å²) in [4.78, 5) is 91.5. The number of carbonyl (C=O) groups is 6. The van der Waals surface area contributed by atoms with Gasteiger partial charge in [-0.1, -0.05) is 39.8 Å². The van der Waals surface area contributed by atoms with Gasteiger partial charge in [-0.2, -0.15) is 0 Å². The molecule has 368 valence electrons. The van der Waals surface area contributed by atoms with Gasteiger partial charge in [0.1, 0.15) is 30.4 Å². The van der Waals surface area contributed by atoms with E-state index in [4.69, 9.17) is 14.5 Å². The predicted octanol–water partition coefficient (Wildman–Crippen LogP) is 4.17. The number of aryl methyl sites for hydroxylation is 1. The number of phenols is 1. The van der Waals surface area contributed by atoms with Gasteiger partial charge in [0, 0.05) is 81.4 Å². The van der Waals surface area contributed by atoms with E-state index in [0.29, 0.717) is 43.5 Å². The van der Waals surface area contributed by atoms with Crippen LogP contribution in [0.3, 0.4) is 0 Å². The number of ether oxygens (including phenoxy) is 2. The zero-order chi connectivity index (χ0) is 49.5. The molecule has 2 aromatic heterocycles. The van der Waals surface area contributed by atoms with Crippen LogP contribution in [-0.4, -0.2) is 148 Å². The number of likely N-dealkylation sites (N-methyl/N-ethyl adjacent to an activating group) is 1. The first kappa shape index (κ1) is 49.1. The molecule has 8 rings (SSSR count). The van der Waals surface area contributed by atoms with Crippen LogP contribution in [0.5, 0.6) is 5.75 Å². The van der Waals surface area contributed by atoms with Crippen molar-refractivity contribution in [2.24, 2.45) is 11.3 Å². The fourth-order valence-corrected chi connectivity index (χ4v) is 10.1. The quantitative estimate of drug-likeness (QED) is 0.106. The summed E-state index contributed by atoms with van der Waals surface area (Å²) in [6, 6.07) is 11.2. The molecule has 3 fully saturated rings. The number of hydrogen-bond acceptors (Lipinski definition) is 12. The van der Waals surface area contributed by atoms with Crippen LogP contribution in [0, 0.1) is 11.3 Å². The Kier molecular flexibility index (Phi) is 14.2. The monoisotopic (exact) mass is 947 g/mol. The summed E-state index contributed by atoms with van der Waals surface area (Å²) in [7, 11) is 3.14. The Morgan fingerprint density at radius 3 is 2.51 bits per heavy atom. The second-order valence-electron chi connectivity index (χ2n) is 19.9. The van der Waals surface area contributed by atoms with Gasteiger partial charge in [0.05, 0.1) is 30.1 Å². The third-order valence-electron chi connectivity index (χ3n) is 13.8. The summed E-state index contributed by atoms with van der Waals surface area (Å²) in [5.41, 5.74) is 9.35. The van der Waals surface area contributed by atoms with Crippen LogP contribution in [0.15, 0.2) is 54.7 Å². The molecule has 4 aliphatic rings. The molecule has 6 bridgehead atoms. The highest BCUT2D eigenvalue weighted by Gasteiger charge is 2.42. The van der Waals surface area contributed by atoms with Crippen LogP contribution in [0.25, 0.3) is 33.3 Å². The molecule has 6 amide bonds. The minimum atomic E-state index is -1.22. The number of piperazine rings is 1. The van der Waals surface area contributed by atoms with E-state index in [1.165, 1.54) is 21.9 Å². The number of carbonyl (C=O) groups excluding carboxylic acids is 6. The molecule has 6 heterocycles. The summed E-state index contributed by atoms with van der Waals surface area (Å²) < 4.78 is 14.2. The van der Waals surface area contributed by atoms with E-state index in [2.05, 4.69) is 59.6 Å². The van der Waals surface area contributed by atoms with Crippen molar-refractivity contribution in [3.8, 4) is 28.1 Å². The first-order valence-corrected chi connectivity index (χ1v) is 24.0. The van der Waals surface area contributed by atoms with Gasteiger partial charge in [-0.25, -0.2) is 10.2 Å². The number of aromatic hydroxyl groups is 1. The normalized spacial score (nSPS) is 21.7. The molecule has 4 aromatic rings. The van der Waals surface area contributed by atoms with E-state index in [1.807, 2.05) is 25.1 Å². The van der Waals surface area contributed by atoms with E-state index >= 15 is 0 Å². The standard InChI is InChI=1S/C51H65N9O9/c1-9-58-41-15-14-32-24-36(41)37(45(58)35-12-10-16-52-43(35)30(4)68-8)25-51(5,6)28-69-49(66)38-13-11-17-60(55-38)48(65)39(22-31-20-33(32)23-34(61)21-31)54-46(63)44(29(2)3)56(7)50(67)57-18-19-59(42(62)27-57)47(64)40-26-53-40/h10,12,14-16,20-21,23-24,29-30,38-40,44,53,55,61H,9,11,13,17-19,22,25-28H2,1-8H3,(H,54,63)/t30-,38-,39-,40+,44?/m0/s1. The number of fused-ring (bicyclic) bond motifs is 6. The highest BCUT2D eigenvalue weighted by atomic mass is 16.5. The average molecular weight is 948 g/mol. The maximum absolute atomic E-state index is 14.8. The van der Waals surface area contributed by atoms with Crippen molar-refractivity contribution in [1.29, 1.82) is 0 Å². The lowest BCUT2D eigenvalue weighted by atomic mass is 9.84. The molecule has 3 saturated heterocycles. The van der Waals surface area contributed by atoms with Crippen molar-refractivity contribution < 1.29 is 43.3 Å². The van der Waals surface area contributed by atoms with Gasteiger partial charge in [-0.3, -0.25) is 38.9 Å². The maximum atomic E-state index is 14.8. The summed E-state index contributed by atoms with van der Waals surface area (Å²) in [5, 5.41) is 19.5. The fourth-order valence-electron chi connectivity index (χ4n) is 10.1. The largest absolute Gasteiger partial charge is 0.508 e. The molecule has 0 radical (unpaired) electrons. The first-order chi connectivity index (χ1) is 32.9. The number of nitrogens with zero attached hydrogens (tertiary/aromatic N) is 6. The summed E-state index contributed by atoms with van der Waals surface area (Å²) in [5.74, 6) is -2.92. The number of rotatable bonds is 9. The van der Waals surface area contributed by atoms with Gasteiger partial charge in [0.25, 0.3) is 5.91 Å². The number of hydrazine groups is 1. The molecule has 18 nitrogen and oxygen atoms in total. The Hall–Kier alpha value is -6.37. The topological polar surface area (TPSA) is 218 Å². The van der Waals surface area contributed by atoms with Crippen molar-refractivity contribution in [2.45, 2.75) is 104 Å². The van der Waals surface area contributed by atoms with Gasteiger partial charge >= 0.3 is 12.0 Å². The Morgan fingerprint density at radius 2 is 1.81 bits per heavy atom. The van der Waals surface area contributed by atoms with E-state index in [9.17, 15) is 33.9 Å². The Labute approximate surface area is 402 Å². The number of amides is 6. The Morgan fingerprint density at radius 1 is 1.04 bits per heavy atom. The molecule has 18 heteroatoms. The van der Waals surface area contributed by atoms with Crippen LogP contribution in [0.4, 0.5) is 4.79 Å². The Bertz CT molecular complexity index is 2660. The summed E-state index contributed by atoms with van der Waals surface area (Å²) in [6.07, 6.45) is 2.84. The highest BCUT2D eigenvalue weighted by molar-refractivity contribution is 6.02. The van der Waals surface area contributed by atoms with Crippen molar-refractivity contribution in [1.82, 2.24) is 45.3 Å². The molecular weight excluding hydrogens is 883 g/mol. The van der Waals surface area contributed by atoms with Crippen LogP contribution >= 0.6 is 0 Å². The average Bonchev–Trinajstić information content (AvgIpc) is 4.14. The number of imide groups is 1. The number of phenolic OH excluding ortho intramolecular Hbond substituents is 1. The maximum Gasteiger partial charge on any atom is 0.324 e. The van der Waals surface area contributed by atoms with E-state index in [-0.39, 0.29) is 63.0 Å². The zero-order valence-electron chi connectivity index (χ0n) is 40.8. The summed E-state index contributed by atoms with van der Waals surface area (Å²) >= 11 is 0. The number of hydrogen-bond donors (Lipinski definition) is 4. The molecule has 4 aliphatic heterocycles. The molecule has 4 N–H and O–H groups in total. The molecule has 0 saturated carbocycles.